The number of hydrogen-bond acceptors (Lipinski definition) is 1. The summed E-state index contributed by atoms with van der Waals surface area (Å²) in [4.78, 5) is 12.8. The molecular formula is C11H7Cl3F3NO. The lowest BCUT2D eigenvalue weighted by atomic mass is 10.1. The van der Waals surface area contributed by atoms with Crippen LogP contribution in [0, 0.1) is 0 Å². The SMILES string of the molecule is O=C1N(c2ccc(Cl)cc2C(F)(F)F)CCC1(Cl)Cl. The van der Waals surface area contributed by atoms with Crippen molar-refractivity contribution in [2.45, 2.75) is 16.9 Å². The monoisotopic (exact) mass is 331 g/mol. The molecule has 0 aromatic heterocycles. The zero-order valence-electron chi connectivity index (χ0n) is 9.27. The Labute approximate surface area is 122 Å². The average molecular weight is 333 g/mol. The van der Waals surface area contributed by atoms with Crippen LogP contribution in [0.2, 0.25) is 5.02 Å². The summed E-state index contributed by atoms with van der Waals surface area (Å²) < 4.78 is 37.1. The topological polar surface area (TPSA) is 20.3 Å². The number of alkyl halides is 5. The quantitative estimate of drug-likeness (QED) is 0.703. The molecular weight excluding hydrogens is 325 g/mol. The van der Waals surface area contributed by atoms with Gasteiger partial charge < -0.3 is 4.90 Å². The third-order valence-electron chi connectivity index (χ3n) is 2.76. The number of halogens is 6. The first-order valence-electron chi connectivity index (χ1n) is 5.19. The van der Waals surface area contributed by atoms with Crippen molar-refractivity contribution >= 4 is 46.4 Å². The fourth-order valence-corrected chi connectivity index (χ4v) is 2.40. The van der Waals surface area contributed by atoms with Crippen molar-refractivity contribution in [3.8, 4) is 0 Å². The molecule has 0 atom stereocenters. The molecule has 0 bridgehead atoms. The maximum atomic E-state index is 12.9. The zero-order chi connectivity index (χ0) is 14.4. The maximum absolute atomic E-state index is 12.9. The summed E-state index contributed by atoms with van der Waals surface area (Å²) in [6.45, 7) is 0.0244. The minimum Gasteiger partial charge on any atom is -0.309 e. The molecule has 19 heavy (non-hydrogen) atoms. The molecule has 1 saturated heterocycles. The highest BCUT2D eigenvalue weighted by Gasteiger charge is 2.46. The molecule has 0 aliphatic carbocycles. The lowest BCUT2D eigenvalue weighted by Gasteiger charge is -2.22. The van der Waals surface area contributed by atoms with Gasteiger partial charge in [-0.25, -0.2) is 0 Å². The highest BCUT2D eigenvalue weighted by Crippen LogP contribution is 2.42. The lowest BCUT2D eigenvalue weighted by Crippen LogP contribution is -2.33. The smallest absolute Gasteiger partial charge is 0.309 e. The second-order valence-electron chi connectivity index (χ2n) is 4.07. The van der Waals surface area contributed by atoms with E-state index >= 15 is 0 Å². The summed E-state index contributed by atoms with van der Waals surface area (Å²) in [5.41, 5.74) is -1.27. The average Bonchev–Trinajstić information content (AvgIpc) is 2.54. The Kier molecular flexibility index (Phi) is 3.66. The Hall–Kier alpha value is -0.650. The Morgan fingerprint density at radius 2 is 1.89 bits per heavy atom. The molecule has 0 spiro atoms. The van der Waals surface area contributed by atoms with Crippen LogP contribution >= 0.6 is 34.8 Å². The molecule has 1 aliphatic heterocycles. The molecule has 104 valence electrons. The van der Waals surface area contributed by atoms with Crippen LogP contribution in [0.15, 0.2) is 18.2 Å². The van der Waals surface area contributed by atoms with Crippen molar-refractivity contribution in [2.75, 3.05) is 11.4 Å². The van der Waals surface area contributed by atoms with Crippen LogP contribution < -0.4 is 4.90 Å². The molecule has 1 fully saturated rings. The van der Waals surface area contributed by atoms with Gasteiger partial charge in [0.1, 0.15) is 0 Å². The summed E-state index contributed by atoms with van der Waals surface area (Å²) >= 11 is 17.0. The van der Waals surface area contributed by atoms with Gasteiger partial charge >= 0.3 is 6.18 Å². The van der Waals surface area contributed by atoms with Gasteiger partial charge in [-0.1, -0.05) is 34.8 Å². The van der Waals surface area contributed by atoms with Gasteiger partial charge in [0.05, 0.1) is 11.3 Å². The Morgan fingerprint density at radius 3 is 2.37 bits per heavy atom. The molecule has 0 unspecified atom stereocenters. The van der Waals surface area contributed by atoms with Gasteiger partial charge in [0.15, 0.2) is 4.33 Å². The van der Waals surface area contributed by atoms with Gasteiger partial charge in [0.2, 0.25) is 0 Å². The Balaban J connectivity index is 2.50. The van der Waals surface area contributed by atoms with Crippen molar-refractivity contribution < 1.29 is 18.0 Å². The maximum Gasteiger partial charge on any atom is 0.418 e. The summed E-state index contributed by atoms with van der Waals surface area (Å²) in [5, 5.41) is -0.0641. The number of carbonyl (C=O) groups excluding carboxylic acids is 1. The van der Waals surface area contributed by atoms with Crippen LogP contribution in [0.4, 0.5) is 18.9 Å². The van der Waals surface area contributed by atoms with E-state index in [9.17, 15) is 18.0 Å². The number of hydrogen-bond donors (Lipinski definition) is 0. The zero-order valence-corrected chi connectivity index (χ0v) is 11.5. The normalized spacial score (nSPS) is 19.1. The second kappa shape index (κ2) is 4.72. The van der Waals surface area contributed by atoms with Crippen molar-refractivity contribution in [3.05, 3.63) is 28.8 Å². The largest absolute Gasteiger partial charge is 0.418 e. The Bertz CT molecular complexity index is 530. The molecule has 2 rings (SSSR count). The molecule has 1 heterocycles. The van der Waals surface area contributed by atoms with E-state index in [2.05, 4.69) is 0 Å². The molecule has 1 aromatic carbocycles. The summed E-state index contributed by atoms with van der Waals surface area (Å²) in [6, 6.07) is 3.19. The van der Waals surface area contributed by atoms with Crippen molar-refractivity contribution in [1.29, 1.82) is 0 Å². The van der Waals surface area contributed by atoms with Crippen LogP contribution in [-0.4, -0.2) is 16.8 Å². The third kappa shape index (κ3) is 2.78. The van der Waals surface area contributed by atoms with Crippen molar-refractivity contribution in [2.24, 2.45) is 0 Å². The van der Waals surface area contributed by atoms with Gasteiger partial charge in [0.25, 0.3) is 5.91 Å². The molecule has 8 heteroatoms. The van der Waals surface area contributed by atoms with E-state index in [-0.39, 0.29) is 23.7 Å². The Morgan fingerprint density at radius 1 is 1.26 bits per heavy atom. The van der Waals surface area contributed by atoms with Gasteiger partial charge in [-0.3, -0.25) is 4.79 Å². The summed E-state index contributed by atoms with van der Waals surface area (Å²) in [6.07, 6.45) is -4.56. The van der Waals surface area contributed by atoms with Gasteiger partial charge in [0, 0.05) is 18.0 Å². The van der Waals surface area contributed by atoms with E-state index in [0.717, 1.165) is 17.0 Å². The first kappa shape index (κ1) is 14.8. The molecule has 1 amide bonds. The van der Waals surface area contributed by atoms with E-state index in [4.69, 9.17) is 34.8 Å². The van der Waals surface area contributed by atoms with E-state index < -0.39 is 22.0 Å². The number of anilines is 1. The number of nitrogens with zero attached hydrogens (tertiary/aromatic N) is 1. The first-order chi connectivity index (χ1) is 8.63. The first-order valence-corrected chi connectivity index (χ1v) is 6.33. The highest BCUT2D eigenvalue weighted by molar-refractivity contribution is 6.59. The minimum absolute atomic E-state index is 0.0244. The van der Waals surface area contributed by atoms with Gasteiger partial charge in [-0.05, 0) is 18.2 Å². The van der Waals surface area contributed by atoms with Crippen LogP contribution in [0.1, 0.15) is 12.0 Å². The fraction of sp³-hybridized carbons (Fsp3) is 0.364. The highest BCUT2D eigenvalue weighted by atomic mass is 35.5. The van der Waals surface area contributed by atoms with Crippen LogP contribution in [-0.2, 0) is 11.0 Å². The van der Waals surface area contributed by atoms with E-state index in [1.54, 1.807) is 0 Å². The lowest BCUT2D eigenvalue weighted by molar-refractivity contribution is -0.137. The fourth-order valence-electron chi connectivity index (χ4n) is 1.86. The van der Waals surface area contributed by atoms with Gasteiger partial charge in [-0.15, -0.1) is 0 Å². The molecule has 0 saturated carbocycles. The number of carbonyl (C=O) groups is 1. The number of amides is 1. The van der Waals surface area contributed by atoms with E-state index in [1.807, 2.05) is 0 Å². The number of benzene rings is 1. The van der Waals surface area contributed by atoms with Gasteiger partial charge in [-0.2, -0.15) is 13.2 Å². The molecule has 0 radical (unpaired) electrons. The van der Waals surface area contributed by atoms with Crippen LogP contribution in [0.3, 0.4) is 0 Å². The third-order valence-corrected chi connectivity index (χ3v) is 3.70. The standard InChI is InChI=1S/C11H7Cl3F3NO/c12-6-1-2-8(7(5-6)11(15,16)17)18-4-3-10(13,14)9(18)19/h1-2,5H,3-4H2. The molecule has 2 nitrogen and oxygen atoms in total. The van der Waals surface area contributed by atoms with Crippen molar-refractivity contribution in [3.63, 3.8) is 0 Å². The summed E-state index contributed by atoms with van der Waals surface area (Å²) in [5.74, 6) is -0.761. The number of rotatable bonds is 1. The molecule has 1 aliphatic rings. The summed E-state index contributed by atoms with van der Waals surface area (Å²) in [7, 11) is 0. The van der Waals surface area contributed by atoms with E-state index in [0.29, 0.717) is 0 Å². The molecule has 1 aromatic rings. The van der Waals surface area contributed by atoms with E-state index in [1.165, 1.54) is 6.07 Å². The minimum atomic E-state index is -4.62. The molecule has 0 N–H and O–H groups in total. The predicted molar refractivity (Wildman–Crippen MR) is 67.9 cm³/mol. The predicted octanol–water partition coefficient (Wildman–Crippen LogP) is 4.27. The van der Waals surface area contributed by atoms with Crippen LogP contribution in [0.5, 0.6) is 0 Å². The van der Waals surface area contributed by atoms with Crippen molar-refractivity contribution in [1.82, 2.24) is 0 Å². The second-order valence-corrected chi connectivity index (χ2v) is 5.99. The van der Waals surface area contributed by atoms with Crippen LogP contribution in [0.25, 0.3) is 0 Å².